The Labute approximate surface area is 126 Å². The standard InChI is InChI=1S/C15H14ClF2NO2/c1-20-13-7-4-10(16)8-12(13)14(19)9-2-5-11(6-3-9)21-15(17)18/h2-8,14-15H,19H2,1H3. The van der Waals surface area contributed by atoms with Gasteiger partial charge in [-0.25, -0.2) is 0 Å². The summed E-state index contributed by atoms with van der Waals surface area (Å²) in [5.74, 6) is 0.693. The van der Waals surface area contributed by atoms with Crippen LogP contribution in [0.4, 0.5) is 8.78 Å². The Balaban J connectivity index is 2.27. The van der Waals surface area contributed by atoms with Gasteiger partial charge in [0.1, 0.15) is 11.5 Å². The number of hydrogen-bond donors (Lipinski definition) is 1. The van der Waals surface area contributed by atoms with Crippen LogP contribution in [-0.4, -0.2) is 13.7 Å². The third-order valence-corrected chi connectivity index (χ3v) is 3.23. The first kappa shape index (κ1) is 15.5. The Morgan fingerprint density at radius 2 is 1.76 bits per heavy atom. The maximum absolute atomic E-state index is 12.1. The van der Waals surface area contributed by atoms with Crippen LogP contribution in [0.1, 0.15) is 17.2 Å². The van der Waals surface area contributed by atoms with Crippen molar-refractivity contribution in [1.29, 1.82) is 0 Å². The minimum atomic E-state index is -2.85. The molecule has 0 spiro atoms. The van der Waals surface area contributed by atoms with Crippen LogP contribution in [0.25, 0.3) is 0 Å². The molecule has 6 heteroatoms. The van der Waals surface area contributed by atoms with E-state index in [-0.39, 0.29) is 5.75 Å². The van der Waals surface area contributed by atoms with Gasteiger partial charge in [0.25, 0.3) is 0 Å². The first-order valence-corrected chi connectivity index (χ1v) is 6.53. The normalized spacial score (nSPS) is 12.3. The molecule has 0 saturated carbocycles. The SMILES string of the molecule is COc1ccc(Cl)cc1C(N)c1ccc(OC(F)F)cc1. The quantitative estimate of drug-likeness (QED) is 0.907. The molecule has 2 aromatic rings. The highest BCUT2D eigenvalue weighted by Crippen LogP contribution is 2.31. The molecule has 0 bridgehead atoms. The van der Waals surface area contributed by atoms with Crippen molar-refractivity contribution in [2.75, 3.05) is 7.11 Å². The highest BCUT2D eigenvalue weighted by Gasteiger charge is 2.15. The molecule has 2 rings (SSSR count). The molecule has 1 atom stereocenters. The van der Waals surface area contributed by atoms with E-state index in [2.05, 4.69) is 4.74 Å². The summed E-state index contributed by atoms with van der Waals surface area (Å²) in [6, 6.07) is 10.8. The number of nitrogens with two attached hydrogens (primary N) is 1. The van der Waals surface area contributed by atoms with Crippen LogP contribution in [-0.2, 0) is 0 Å². The third-order valence-electron chi connectivity index (χ3n) is 2.99. The highest BCUT2D eigenvalue weighted by atomic mass is 35.5. The van der Waals surface area contributed by atoms with Crippen molar-refractivity contribution in [3.05, 3.63) is 58.6 Å². The molecule has 0 radical (unpaired) electrons. The van der Waals surface area contributed by atoms with E-state index in [1.54, 1.807) is 37.4 Å². The summed E-state index contributed by atoms with van der Waals surface area (Å²) in [6.45, 7) is -2.85. The first-order chi connectivity index (χ1) is 10.0. The zero-order chi connectivity index (χ0) is 15.4. The number of alkyl halides is 2. The number of benzene rings is 2. The molecule has 3 nitrogen and oxygen atoms in total. The minimum absolute atomic E-state index is 0.0824. The second kappa shape index (κ2) is 6.74. The molecule has 2 N–H and O–H groups in total. The van der Waals surface area contributed by atoms with Crippen molar-refractivity contribution in [1.82, 2.24) is 0 Å². The molecular weight excluding hydrogens is 300 g/mol. The van der Waals surface area contributed by atoms with E-state index in [1.165, 1.54) is 12.1 Å². The number of rotatable bonds is 5. The predicted molar refractivity (Wildman–Crippen MR) is 77.1 cm³/mol. The topological polar surface area (TPSA) is 44.5 Å². The zero-order valence-electron chi connectivity index (χ0n) is 11.2. The Hall–Kier alpha value is -1.85. The average molecular weight is 314 g/mol. The van der Waals surface area contributed by atoms with Crippen molar-refractivity contribution in [2.24, 2.45) is 5.73 Å². The monoisotopic (exact) mass is 313 g/mol. The van der Waals surface area contributed by atoms with Gasteiger partial charge in [0.05, 0.1) is 13.2 Å². The van der Waals surface area contributed by atoms with Gasteiger partial charge in [0.15, 0.2) is 0 Å². The fourth-order valence-electron chi connectivity index (χ4n) is 1.98. The van der Waals surface area contributed by atoms with E-state index < -0.39 is 12.7 Å². The first-order valence-electron chi connectivity index (χ1n) is 6.15. The summed E-state index contributed by atoms with van der Waals surface area (Å²) in [5.41, 5.74) is 7.63. The van der Waals surface area contributed by atoms with Gasteiger partial charge in [0.2, 0.25) is 0 Å². The Kier molecular flexibility index (Phi) is 4.98. The summed E-state index contributed by atoms with van der Waals surface area (Å²) in [5, 5.41) is 0.541. The summed E-state index contributed by atoms with van der Waals surface area (Å²) in [7, 11) is 1.54. The lowest BCUT2D eigenvalue weighted by Crippen LogP contribution is -2.13. The molecule has 1 unspecified atom stereocenters. The Bertz CT molecular complexity index is 605. The molecule has 0 fully saturated rings. The maximum Gasteiger partial charge on any atom is 0.387 e. The van der Waals surface area contributed by atoms with Gasteiger partial charge in [-0.15, -0.1) is 0 Å². The van der Waals surface area contributed by atoms with E-state index >= 15 is 0 Å². The molecule has 112 valence electrons. The van der Waals surface area contributed by atoms with E-state index in [0.29, 0.717) is 16.3 Å². The van der Waals surface area contributed by atoms with Gasteiger partial charge < -0.3 is 15.2 Å². The number of methoxy groups -OCH3 is 1. The van der Waals surface area contributed by atoms with Gasteiger partial charge in [-0.1, -0.05) is 23.7 Å². The summed E-state index contributed by atoms with van der Waals surface area (Å²) < 4.78 is 33.8. The Morgan fingerprint density at radius 3 is 2.33 bits per heavy atom. The molecule has 0 aromatic heterocycles. The van der Waals surface area contributed by atoms with E-state index in [0.717, 1.165) is 5.56 Å². The van der Waals surface area contributed by atoms with Crippen LogP contribution < -0.4 is 15.2 Å². The molecule has 0 heterocycles. The second-order valence-electron chi connectivity index (χ2n) is 4.31. The molecule has 0 amide bonds. The maximum atomic E-state index is 12.1. The van der Waals surface area contributed by atoms with Crippen LogP contribution in [0.5, 0.6) is 11.5 Å². The fourth-order valence-corrected chi connectivity index (χ4v) is 2.16. The highest BCUT2D eigenvalue weighted by molar-refractivity contribution is 6.30. The fraction of sp³-hybridized carbons (Fsp3) is 0.200. The van der Waals surface area contributed by atoms with Gasteiger partial charge in [-0.2, -0.15) is 8.78 Å². The largest absolute Gasteiger partial charge is 0.496 e. The van der Waals surface area contributed by atoms with Gasteiger partial charge in [-0.05, 0) is 35.9 Å². The molecule has 2 aromatic carbocycles. The lowest BCUT2D eigenvalue weighted by molar-refractivity contribution is -0.0498. The van der Waals surface area contributed by atoms with Gasteiger partial charge in [0, 0.05) is 10.6 Å². The Morgan fingerprint density at radius 1 is 1.10 bits per heavy atom. The molecule has 0 saturated heterocycles. The zero-order valence-corrected chi connectivity index (χ0v) is 12.0. The summed E-state index contributed by atoms with van der Waals surface area (Å²) >= 11 is 5.97. The smallest absolute Gasteiger partial charge is 0.387 e. The van der Waals surface area contributed by atoms with Gasteiger partial charge >= 0.3 is 6.61 Å². The lowest BCUT2D eigenvalue weighted by atomic mass is 9.98. The van der Waals surface area contributed by atoms with Crippen LogP contribution in [0.3, 0.4) is 0 Å². The van der Waals surface area contributed by atoms with Crippen LogP contribution in [0.2, 0.25) is 5.02 Å². The lowest BCUT2D eigenvalue weighted by Gasteiger charge is -2.17. The van der Waals surface area contributed by atoms with Crippen molar-refractivity contribution in [2.45, 2.75) is 12.7 Å². The third kappa shape index (κ3) is 3.83. The van der Waals surface area contributed by atoms with Crippen LogP contribution in [0, 0.1) is 0 Å². The minimum Gasteiger partial charge on any atom is -0.496 e. The second-order valence-corrected chi connectivity index (χ2v) is 4.75. The molecule has 0 aliphatic rings. The predicted octanol–water partition coefficient (Wildman–Crippen LogP) is 4.00. The summed E-state index contributed by atoms with van der Waals surface area (Å²) in [6.07, 6.45) is 0. The van der Waals surface area contributed by atoms with Gasteiger partial charge in [-0.3, -0.25) is 0 Å². The van der Waals surface area contributed by atoms with Crippen molar-refractivity contribution < 1.29 is 18.3 Å². The van der Waals surface area contributed by atoms with E-state index in [4.69, 9.17) is 22.1 Å². The molecule has 0 aliphatic carbocycles. The summed E-state index contributed by atoms with van der Waals surface area (Å²) in [4.78, 5) is 0. The molecule has 21 heavy (non-hydrogen) atoms. The number of hydrogen-bond acceptors (Lipinski definition) is 3. The molecular formula is C15H14ClF2NO2. The molecule has 0 aliphatic heterocycles. The van der Waals surface area contributed by atoms with Crippen LogP contribution in [0.15, 0.2) is 42.5 Å². The van der Waals surface area contributed by atoms with E-state index in [9.17, 15) is 8.78 Å². The van der Waals surface area contributed by atoms with Crippen molar-refractivity contribution in [3.8, 4) is 11.5 Å². The average Bonchev–Trinajstić information content (AvgIpc) is 2.46. The number of ether oxygens (including phenoxy) is 2. The number of halogens is 3. The van der Waals surface area contributed by atoms with Crippen LogP contribution >= 0.6 is 11.6 Å². The van der Waals surface area contributed by atoms with Crippen molar-refractivity contribution >= 4 is 11.6 Å². The van der Waals surface area contributed by atoms with E-state index in [1.807, 2.05) is 0 Å². The van der Waals surface area contributed by atoms with Crippen molar-refractivity contribution in [3.63, 3.8) is 0 Å².